The standard InChI is InChI=1S/C13H25N3O/c1-13(2)10(7-11(13)17-3)16-12(14)15-8-9-5-4-6-9/h9-11H,4-8H2,1-3H3,(H3,14,15,16). The van der Waals surface area contributed by atoms with Gasteiger partial charge in [-0.1, -0.05) is 20.3 Å². The van der Waals surface area contributed by atoms with Gasteiger partial charge in [-0.25, -0.2) is 0 Å². The molecular weight excluding hydrogens is 214 g/mol. The summed E-state index contributed by atoms with van der Waals surface area (Å²) in [5.41, 5.74) is 6.06. The molecule has 2 aliphatic carbocycles. The summed E-state index contributed by atoms with van der Waals surface area (Å²) in [7, 11) is 1.77. The molecule has 2 aliphatic rings. The number of hydrogen-bond donors (Lipinski definition) is 2. The largest absolute Gasteiger partial charge is 0.381 e. The van der Waals surface area contributed by atoms with Crippen molar-refractivity contribution in [1.82, 2.24) is 5.32 Å². The van der Waals surface area contributed by atoms with Gasteiger partial charge in [0.25, 0.3) is 0 Å². The van der Waals surface area contributed by atoms with Crippen molar-refractivity contribution in [3.63, 3.8) is 0 Å². The van der Waals surface area contributed by atoms with E-state index in [1.807, 2.05) is 0 Å². The number of rotatable bonds is 4. The van der Waals surface area contributed by atoms with Crippen LogP contribution in [0.4, 0.5) is 0 Å². The van der Waals surface area contributed by atoms with Crippen LogP contribution in [0.2, 0.25) is 0 Å². The topological polar surface area (TPSA) is 59.6 Å². The summed E-state index contributed by atoms with van der Waals surface area (Å²) in [6, 6.07) is 0.387. The van der Waals surface area contributed by atoms with Crippen molar-refractivity contribution in [3.05, 3.63) is 0 Å². The molecule has 0 bridgehead atoms. The van der Waals surface area contributed by atoms with Crippen LogP contribution in [0.1, 0.15) is 39.5 Å². The summed E-state index contributed by atoms with van der Waals surface area (Å²) in [6.45, 7) is 5.31. The normalized spacial score (nSPS) is 32.8. The summed E-state index contributed by atoms with van der Waals surface area (Å²) >= 11 is 0. The van der Waals surface area contributed by atoms with Crippen molar-refractivity contribution < 1.29 is 4.74 Å². The average Bonchev–Trinajstić information content (AvgIpc) is 2.21. The Morgan fingerprint density at radius 2 is 2.18 bits per heavy atom. The molecule has 0 spiro atoms. The van der Waals surface area contributed by atoms with Gasteiger partial charge in [-0.3, -0.25) is 4.99 Å². The van der Waals surface area contributed by atoms with E-state index in [1.54, 1.807) is 7.11 Å². The Hall–Kier alpha value is -0.770. The van der Waals surface area contributed by atoms with Gasteiger partial charge in [-0.05, 0) is 25.2 Å². The molecule has 4 nitrogen and oxygen atoms in total. The zero-order valence-electron chi connectivity index (χ0n) is 11.2. The Kier molecular flexibility index (Phi) is 3.61. The predicted octanol–water partition coefficient (Wildman–Crippen LogP) is 1.50. The number of nitrogens with two attached hydrogens (primary N) is 1. The van der Waals surface area contributed by atoms with Crippen molar-refractivity contribution in [2.75, 3.05) is 13.7 Å². The third-order valence-electron chi connectivity index (χ3n) is 4.53. The van der Waals surface area contributed by atoms with E-state index in [4.69, 9.17) is 10.5 Å². The summed E-state index contributed by atoms with van der Waals surface area (Å²) < 4.78 is 5.42. The number of methoxy groups -OCH3 is 1. The van der Waals surface area contributed by atoms with E-state index >= 15 is 0 Å². The first kappa shape index (κ1) is 12.7. The predicted molar refractivity (Wildman–Crippen MR) is 69.9 cm³/mol. The van der Waals surface area contributed by atoms with Crippen molar-refractivity contribution in [3.8, 4) is 0 Å². The molecule has 4 heteroatoms. The Morgan fingerprint density at radius 3 is 2.65 bits per heavy atom. The summed E-state index contributed by atoms with van der Waals surface area (Å²) in [5, 5.41) is 3.32. The monoisotopic (exact) mass is 239 g/mol. The van der Waals surface area contributed by atoms with Crippen LogP contribution >= 0.6 is 0 Å². The minimum atomic E-state index is 0.144. The van der Waals surface area contributed by atoms with Crippen molar-refractivity contribution in [1.29, 1.82) is 0 Å². The molecule has 0 amide bonds. The Balaban J connectivity index is 1.77. The van der Waals surface area contributed by atoms with Crippen LogP contribution in [0.25, 0.3) is 0 Å². The summed E-state index contributed by atoms with van der Waals surface area (Å²) in [4.78, 5) is 4.43. The highest BCUT2D eigenvalue weighted by Crippen LogP contribution is 2.42. The molecule has 2 atom stereocenters. The van der Waals surface area contributed by atoms with Gasteiger partial charge in [0.1, 0.15) is 0 Å². The SMILES string of the molecule is COC1CC(NC(N)=NCC2CCC2)C1(C)C. The van der Waals surface area contributed by atoms with Crippen LogP contribution in [0.3, 0.4) is 0 Å². The van der Waals surface area contributed by atoms with Gasteiger partial charge in [-0.2, -0.15) is 0 Å². The van der Waals surface area contributed by atoms with Crippen LogP contribution in [-0.2, 0) is 4.74 Å². The Bertz CT molecular complexity index is 297. The van der Waals surface area contributed by atoms with Gasteiger partial charge in [0.05, 0.1) is 6.10 Å². The zero-order valence-corrected chi connectivity index (χ0v) is 11.2. The smallest absolute Gasteiger partial charge is 0.188 e. The first-order valence-electron chi connectivity index (χ1n) is 6.63. The number of nitrogens with zero attached hydrogens (tertiary/aromatic N) is 1. The molecule has 0 aromatic carbocycles. The number of hydrogen-bond acceptors (Lipinski definition) is 2. The quantitative estimate of drug-likeness (QED) is 0.577. The maximum absolute atomic E-state index is 5.92. The average molecular weight is 239 g/mol. The first-order chi connectivity index (χ1) is 8.04. The molecule has 0 aliphatic heterocycles. The second-order valence-corrected chi connectivity index (χ2v) is 6.00. The molecule has 0 radical (unpaired) electrons. The molecule has 2 fully saturated rings. The summed E-state index contributed by atoms with van der Waals surface area (Å²) in [6.07, 6.45) is 5.34. The number of aliphatic imine (C=N–C) groups is 1. The maximum Gasteiger partial charge on any atom is 0.188 e. The molecular formula is C13H25N3O. The molecule has 0 aromatic rings. The van der Waals surface area contributed by atoms with Gasteiger partial charge in [0, 0.05) is 25.1 Å². The number of nitrogens with one attached hydrogen (secondary N) is 1. The fraction of sp³-hybridized carbons (Fsp3) is 0.923. The number of ether oxygens (including phenoxy) is 1. The second kappa shape index (κ2) is 4.84. The van der Waals surface area contributed by atoms with Crippen molar-refractivity contribution >= 4 is 5.96 Å². The van der Waals surface area contributed by atoms with E-state index in [9.17, 15) is 0 Å². The van der Waals surface area contributed by atoms with Crippen LogP contribution < -0.4 is 11.1 Å². The minimum Gasteiger partial charge on any atom is -0.381 e. The lowest BCUT2D eigenvalue weighted by Crippen LogP contribution is -2.62. The highest BCUT2D eigenvalue weighted by atomic mass is 16.5. The fourth-order valence-electron chi connectivity index (χ4n) is 2.66. The molecule has 2 unspecified atom stereocenters. The fourth-order valence-corrected chi connectivity index (χ4v) is 2.66. The highest BCUT2D eigenvalue weighted by Gasteiger charge is 2.48. The third kappa shape index (κ3) is 2.57. The van der Waals surface area contributed by atoms with Crippen molar-refractivity contribution in [2.45, 2.75) is 51.7 Å². The molecule has 2 saturated carbocycles. The molecule has 2 rings (SSSR count). The third-order valence-corrected chi connectivity index (χ3v) is 4.53. The van der Waals surface area contributed by atoms with Crippen LogP contribution in [-0.4, -0.2) is 31.8 Å². The van der Waals surface area contributed by atoms with E-state index in [-0.39, 0.29) is 5.41 Å². The lowest BCUT2D eigenvalue weighted by molar-refractivity contribution is -0.0921. The lowest BCUT2D eigenvalue weighted by atomic mass is 9.64. The van der Waals surface area contributed by atoms with E-state index in [1.165, 1.54) is 19.3 Å². The molecule has 0 heterocycles. The van der Waals surface area contributed by atoms with Crippen LogP contribution in [0.5, 0.6) is 0 Å². The molecule has 17 heavy (non-hydrogen) atoms. The van der Waals surface area contributed by atoms with Gasteiger partial charge in [0.15, 0.2) is 5.96 Å². The summed E-state index contributed by atoms with van der Waals surface area (Å²) in [5.74, 6) is 1.38. The Morgan fingerprint density at radius 1 is 1.47 bits per heavy atom. The van der Waals surface area contributed by atoms with E-state index < -0.39 is 0 Å². The van der Waals surface area contributed by atoms with E-state index in [0.29, 0.717) is 18.1 Å². The molecule has 0 saturated heterocycles. The zero-order chi connectivity index (χ0) is 12.5. The minimum absolute atomic E-state index is 0.144. The second-order valence-electron chi connectivity index (χ2n) is 6.00. The highest BCUT2D eigenvalue weighted by molar-refractivity contribution is 5.78. The van der Waals surface area contributed by atoms with Gasteiger partial charge >= 0.3 is 0 Å². The molecule has 3 N–H and O–H groups in total. The first-order valence-corrected chi connectivity index (χ1v) is 6.63. The molecule has 98 valence electrons. The lowest BCUT2D eigenvalue weighted by Gasteiger charge is -2.51. The van der Waals surface area contributed by atoms with Crippen molar-refractivity contribution in [2.24, 2.45) is 22.1 Å². The van der Waals surface area contributed by atoms with E-state index in [2.05, 4.69) is 24.2 Å². The van der Waals surface area contributed by atoms with Gasteiger partial charge in [0.2, 0.25) is 0 Å². The van der Waals surface area contributed by atoms with Crippen LogP contribution in [0, 0.1) is 11.3 Å². The van der Waals surface area contributed by atoms with E-state index in [0.717, 1.165) is 18.9 Å². The molecule has 0 aromatic heterocycles. The Labute approximate surface area is 104 Å². The van der Waals surface area contributed by atoms with Gasteiger partial charge in [-0.15, -0.1) is 0 Å². The number of guanidine groups is 1. The maximum atomic E-state index is 5.92. The van der Waals surface area contributed by atoms with Crippen LogP contribution in [0.15, 0.2) is 4.99 Å². The van der Waals surface area contributed by atoms with Gasteiger partial charge < -0.3 is 15.8 Å².